The molecule has 5 heteroatoms. The fourth-order valence-electron chi connectivity index (χ4n) is 4.97. The molecule has 2 aliphatic heterocycles. The number of carbonyl (C=O) groups excluding carboxylic acids is 2. The predicted octanol–water partition coefficient (Wildman–Crippen LogP) is 4.61. The van der Waals surface area contributed by atoms with Gasteiger partial charge in [0, 0.05) is 56.9 Å². The highest BCUT2D eigenvalue weighted by Crippen LogP contribution is 2.33. The van der Waals surface area contributed by atoms with Crippen molar-refractivity contribution >= 4 is 17.5 Å². The predicted molar refractivity (Wildman–Crippen MR) is 136 cm³/mol. The molecule has 34 heavy (non-hydrogen) atoms. The first-order valence-electron chi connectivity index (χ1n) is 12.2. The van der Waals surface area contributed by atoms with Crippen LogP contribution in [0.3, 0.4) is 0 Å². The second kappa shape index (κ2) is 9.82. The standard InChI is InChI=1S/C29H31N3O2/c1-2-28(33)32-15-14-26-20-25(12-13-27(26)32)23-8-10-24(11-9-23)29(34)31-18-16-30(17-19-31)21-22-6-4-3-5-7-22/h3-13,20H,2,14-19,21H2,1H3. The highest BCUT2D eigenvalue weighted by molar-refractivity contribution is 5.96. The van der Waals surface area contributed by atoms with Crippen molar-refractivity contribution in [2.75, 3.05) is 37.6 Å². The monoisotopic (exact) mass is 453 g/mol. The Morgan fingerprint density at radius 1 is 0.794 bits per heavy atom. The van der Waals surface area contributed by atoms with Crippen LogP contribution in [0, 0.1) is 0 Å². The molecule has 0 spiro atoms. The fourth-order valence-corrected chi connectivity index (χ4v) is 4.97. The first-order valence-corrected chi connectivity index (χ1v) is 12.2. The third-order valence-corrected chi connectivity index (χ3v) is 6.95. The van der Waals surface area contributed by atoms with E-state index < -0.39 is 0 Å². The van der Waals surface area contributed by atoms with Gasteiger partial charge < -0.3 is 9.80 Å². The molecule has 3 aromatic rings. The van der Waals surface area contributed by atoms with Crippen molar-refractivity contribution < 1.29 is 9.59 Å². The molecule has 1 fully saturated rings. The van der Waals surface area contributed by atoms with Crippen LogP contribution in [-0.2, 0) is 17.8 Å². The molecule has 2 amide bonds. The van der Waals surface area contributed by atoms with Gasteiger partial charge in [0.25, 0.3) is 5.91 Å². The molecule has 174 valence electrons. The summed E-state index contributed by atoms with van der Waals surface area (Å²) in [5.41, 5.74) is 6.52. The van der Waals surface area contributed by atoms with Crippen LogP contribution in [0.1, 0.15) is 34.8 Å². The highest BCUT2D eigenvalue weighted by atomic mass is 16.2. The molecule has 1 saturated heterocycles. The zero-order valence-corrected chi connectivity index (χ0v) is 19.7. The third-order valence-electron chi connectivity index (χ3n) is 6.95. The molecule has 5 nitrogen and oxygen atoms in total. The Bertz CT molecular complexity index is 1170. The van der Waals surface area contributed by atoms with Crippen molar-refractivity contribution in [1.29, 1.82) is 0 Å². The minimum absolute atomic E-state index is 0.105. The number of fused-ring (bicyclic) bond motifs is 1. The van der Waals surface area contributed by atoms with Crippen LogP contribution in [0.2, 0.25) is 0 Å². The van der Waals surface area contributed by atoms with Gasteiger partial charge in [0.2, 0.25) is 5.91 Å². The molecule has 3 aromatic carbocycles. The van der Waals surface area contributed by atoms with E-state index in [0.717, 1.165) is 68.1 Å². The van der Waals surface area contributed by atoms with Crippen LogP contribution in [-0.4, -0.2) is 54.3 Å². The van der Waals surface area contributed by atoms with E-state index in [1.165, 1.54) is 11.1 Å². The Balaban J connectivity index is 1.21. The van der Waals surface area contributed by atoms with Gasteiger partial charge in [0.15, 0.2) is 0 Å². The topological polar surface area (TPSA) is 43.9 Å². The summed E-state index contributed by atoms with van der Waals surface area (Å²) in [6, 6.07) is 24.7. The van der Waals surface area contributed by atoms with Crippen molar-refractivity contribution in [2.45, 2.75) is 26.3 Å². The summed E-state index contributed by atoms with van der Waals surface area (Å²) < 4.78 is 0. The number of hydrogen-bond donors (Lipinski definition) is 0. The van der Waals surface area contributed by atoms with Crippen LogP contribution in [0.5, 0.6) is 0 Å². The van der Waals surface area contributed by atoms with Crippen molar-refractivity contribution in [1.82, 2.24) is 9.80 Å². The van der Waals surface area contributed by atoms with Crippen molar-refractivity contribution in [3.8, 4) is 11.1 Å². The summed E-state index contributed by atoms with van der Waals surface area (Å²) >= 11 is 0. The van der Waals surface area contributed by atoms with E-state index in [4.69, 9.17) is 0 Å². The summed E-state index contributed by atoms with van der Waals surface area (Å²) in [7, 11) is 0. The lowest BCUT2D eigenvalue weighted by molar-refractivity contribution is -0.118. The smallest absolute Gasteiger partial charge is 0.253 e. The SMILES string of the molecule is CCC(=O)N1CCc2cc(-c3ccc(C(=O)N4CCN(Cc5ccccc5)CC4)cc3)ccc21. The average molecular weight is 454 g/mol. The van der Waals surface area contributed by atoms with E-state index in [2.05, 4.69) is 47.4 Å². The van der Waals surface area contributed by atoms with Crippen molar-refractivity contribution in [3.05, 3.63) is 89.5 Å². The molecule has 0 N–H and O–H groups in total. The molecule has 0 saturated carbocycles. The maximum atomic E-state index is 13.1. The van der Waals surface area contributed by atoms with Crippen molar-refractivity contribution in [2.24, 2.45) is 0 Å². The quantitative estimate of drug-likeness (QED) is 0.567. The van der Waals surface area contributed by atoms with Gasteiger partial charge in [-0.2, -0.15) is 0 Å². The number of hydrogen-bond acceptors (Lipinski definition) is 3. The summed E-state index contributed by atoms with van der Waals surface area (Å²) in [4.78, 5) is 31.5. The minimum atomic E-state index is 0.105. The maximum absolute atomic E-state index is 13.1. The fraction of sp³-hybridized carbons (Fsp3) is 0.310. The van der Waals surface area contributed by atoms with E-state index in [-0.39, 0.29) is 11.8 Å². The third kappa shape index (κ3) is 4.62. The molecular weight excluding hydrogens is 422 g/mol. The van der Waals surface area contributed by atoms with Gasteiger partial charge >= 0.3 is 0 Å². The van der Waals surface area contributed by atoms with Gasteiger partial charge in [0.05, 0.1) is 0 Å². The van der Waals surface area contributed by atoms with E-state index in [0.29, 0.717) is 6.42 Å². The van der Waals surface area contributed by atoms with Crippen LogP contribution >= 0.6 is 0 Å². The van der Waals surface area contributed by atoms with Gasteiger partial charge in [0.1, 0.15) is 0 Å². The van der Waals surface area contributed by atoms with Gasteiger partial charge in [-0.1, -0.05) is 55.5 Å². The zero-order chi connectivity index (χ0) is 23.5. The Kier molecular flexibility index (Phi) is 6.45. The summed E-state index contributed by atoms with van der Waals surface area (Å²) in [6.07, 6.45) is 1.42. The lowest BCUT2D eigenvalue weighted by Gasteiger charge is -2.34. The zero-order valence-electron chi connectivity index (χ0n) is 19.7. The number of benzene rings is 3. The molecule has 0 bridgehead atoms. The van der Waals surface area contributed by atoms with Gasteiger partial charge in [-0.3, -0.25) is 14.5 Å². The second-order valence-corrected chi connectivity index (χ2v) is 9.12. The van der Waals surface area contributed by atoms with Gasteiger partial charge in [-0.25, -0.2) is 0 Å². The number of rotatable bonds is 5. The van der Waals surface area contributed by atoms with Gasteiger partial charge in [-0.05, 0) is 52.9 Å². The van der Waals surface area contributed by atoms with Crippen LogP contribution in [0.25, 0.3) is 11.1 Å². The number of anilines is 1. The Morgan fingerprint density at radius 2 is 1.50 bits per heavy atom. The van der Waals surface area contributed by atoms with E-state index >= 15 is 0 Å². The van der Waals surface area contributed by atoms with Gasteiger partial charge in [-0.15, -0.1) is 0 Å². The molecule has 0 aromatic heterocycles. The molecule has 0 atom stereocenters. The lowest BCUT2D eigenvalue weighted by atomic mass is 10.00. The van der Waals surface area contributed by atoms with E-state index in [1.807, 2.05) is 47.1 Å². The van der Waals surface area contributed by atoms with E-state index in [9.17, 15) is 9.59 Å². The second-order valence-electron chi connectivity index (χ2n) is 9.12. The Morgan fingerprint density at radius 3 is 2.21 bits per heavy atom. The lowest BCUT2D eigenvalue weighted by Crippen LogP contribution is -2.48. The largest absolute Gasteiger partial charge is 0.336 e. The summed E-state index contributed by atoms with van der Waals surface area (Å²) in [5.74, 6) is 0.281. The van der Waals surface area contributed by atoms with Crippen molar-refractivity contribution in [3.63, 3.8) is 0 Å². The first kappa shape index (κ1) is 22.4. The molecule has 0 aliphatic carbocycles. The summed E-state index contributed by atoms with van der Waals surface area (Å²) in [6.45, 7) is 6.90. The highest BCUT2D eigenvalue weighted by Gasteiger charge is 2.24. The molecule has 2 heterocycles. The molecule has 5 rings (SSSR count). The number of nitrogens with zero attached hydrogens (tertiary/aromatic N) is 3. The number of amides is 2. The number of carbonyl (C=O) groups is 2. The normalized spacial score (nSPS) is 15.9. The summed E-state index contributed by atoms with van der Waals surface area (Å²) in [5, 5.41) is 0. The molecule has 2 aliphatic rings. The first-order chi connectivity index (χ1) is 16.6. The minimum Gasteiger partial charge on any atom is -0.336 e. The Labute approximate surface area is 201 Å². The molecule has 0 radical (unpaired) electrons. The van der Waals surface area contributed by atoms with Crippen LogP contribution in [0.15, 0.2) is 72.8 Å². The van der Waals surface area contributed by atoms with E-state index in [1.54, 1.807) is 0 Å². The Hall–Kier alpha value is -3.44. The maximum Gasteiger partial charge on any atom is 0.253 e. The molecule has 0 unspecified atom stereocenters. The van der Waals surface area contributed by atoms with Crippen LogP contribution in [0.4, 0.5) is 5.69 Å². The van der Waals surface area contributed by atoms with Crippen LogP contribution < -0.4 is 4.90 Å². The average Bonchev–Trinajstić information content (AvgIpc) is 3.32. The number of piperazine rings is 1. The molecular formula is C29H31N3O2.